The van der Waals surface area contributed by atoms with Crippen LogP contribution < -0.4 is 0 Å². The molecule has 0 amide bonds. The summed E-state index contributed by atoms with van der Waals surface area (Å²) in [5.74, 6) is 1.24. The molecule has 0 radical (unpaired) electrons. The van der Waals surface area contributed by atoms with E-state index in [4.69, 9.17) is 0 Å². The van der Waals surface area contributed by atoms with E-state index in [1.807, 2.05) is 11.8 Å². The van der Waals surface area contributed by atoms with Crippen LogP contribution >= 0.6 is 27.7 Å². The van der Waals surface area contributed by atoms with E-state index in [0.29, 0.717) is 0 Å². The van der Waals surface area contributed by atoms with Crippen molar-refractivity contribution in [2.24, 2.45) is 0 Å². The molecule has 0 saturated carbocycles. The first-order chi connectivity index (χ1) is 8.90. The number of benzene rings is 2. The molecule has 0 unspecified atom stereocenters. The minimum atomic E-state index is 1.14. The first-order valence-corrected chi connectivity index (χ1v) is 8.68. The van der Waals surface area contributed by atoms with Crippen molar-refractivity contribution in [3.8, 4) is 0 Å². The zero-order valence-electron chi connectivity index (χ0n) is 10.6. The molecule has 0 fully saturated rings. The zero-order chi connectivity index (χ0) is 12.6. The highest BCUT2D eigenvalue weighted by molar-refractivity contribution is 9.09. The summed E-state index contributed by atoms with van der Waals surface area (Å²) in [6.45, 7) is 0. The summed E-state index contributed by atoms with van der Waals surface area (Å²) < 4.78 is 0. The van der Waals surface area contributed by atoms with Crippen molar-refractivity contribution in [1.82, 2.24) is 0 Å². The maximum atomic E-state index is 3.47. The standard InChI is InChI=1S/C16H19BrS/c17-11-5-1-2-6-12-18-16-10-9-14-7-3-4-8-15(14)13-16/h3-4,7-10,13H,1-2,5-6,11-12H2. The Bertz CT molecular complexity index is 481. The lowest BCUT2D eigenvalue weighted by atomic mass is 10.1. The van der Waals surface area contributed by atoms with Crippen molar-refractivity contribution in [2.45, 2.75) is 30.6 Å². The van der Waals surface area contributed by atoms with Crippen LogP contribution in [0.4, 0.5) is 0 Å². The molecule has 2 aromatic rings. The zero-order valence-corrected chi connectivity index (χ0v) is 13.0. The third kappa shape index (κ3) is 4.33. The fourth-order valence-corrected chi connectivity index (χ4v) is 3.35. The molecule has 2 rings (SSSR count). The van der Waals surface area contributed by atoms with Crippen LogP contribution in [0.5, 0.6) is 0 Å². The number of alkyl halides is 1. The Morgan fingerprint density at radius 1 is 0.833 bits per heavy atom. The van der Waals surface area contributed by atoms with Gasteiger partial charge in [-0.15, -0.1) is 11.8 Å². The number of hydrogen-bond donors (Lipinski definition) is 0. The largest absolute Gasteiger partial charge is 0.126 e. The summed E-state index contributed by atoms with van der Waals surface area (Å²) in [6, 6.07) is 15.3. The van der Waals surface area contributed by atoms with Crippen molar-refractivity contribution >= 4 is 38.5 Å². The van der Waals surface area contributed by atoms with Gasteiger partial charge in [-0.05, 0) is 41.5 Å². The van der Waals surface area contributed by atoms with Crippen molar-refractivity contribution in [3.63, 3.8) is 0 Å². The van der Waals surface area contributed by atoms with Crippen LogP contribution in [0.25, 0.3) is 10.8 Å². The molecule has 0 atom stereocenters. The Balaban J connectivity index is 1.81. The predicted molar refractivity (Wildman–Crippen MR) is 86.9 cm³/mol. The smallest absolute Gasteiger partial charge is 0.00783 e. The molecule has 0 saturated heterocycles. The minimum Gasteiger partial charge on any atom is -0.126 e. The van der Waals surface area contributed by atoms with E-state index in [0.717, 1.165) is 5.33 Å². The number of rotatable bonds is 7. The molecule has 0 N–H and O–H groups in total. The molecular weight excluding hydrogens is 304 g/mol. The van der Waals surface area contributed by atoms with E-state index in [1.165, 1.54) is 47.1 Å². The van der Waals surface area contributed by atoms with E-state index in [-0.39, 0.29) is 0 Å². The number of halogens is 1. The van der Waals surface area contributed by atoms with Crippen LogP contribution in [0, 0.1) is 0 Å². The lowest BCUT2D eigenvalue weighted by Gasteiger charge is -2.04. The quantitative estimate of drug-likeness (QED) is 0.348. The Hall–Kier alpha value is -0.470. The van der Waals surface area contributed by atoms with Crippen LogP contribution in [-0.2, 0) is 0 Å². The molecule has 0 aliphatic heterocycles. The summed E-state index contributed by atoms with van der Waals surface area (Å²) in [6.07, 6.45) is 5.33. The summed E-state index contributed by atoms with van der Waals surface area (Å²) in [4.78, 5) is 1.40. The van der Waals surface area contributed by atoms with Gasteiger partial charge < -0.3 is 0 Å². The summed E-state index contributed by atoms with van der Waals surface area (Å²) in [5, 5.41) is 3.83. The third-order valence-corrected chi connectivity index (χ3v) is 4.66. The summed E-state index contributed by atoms with van der Waals surface area (Å²) in [7, 11) is 0. The minimum absolute atomic E-state index is 1.14. The van der Waals surface area contributed by atoms with Gasteiger partial charge in [-0.3, -0.25) is 0 Å². The Morgan fingerprint density at radius 3 is 2.44 bits per heavy atom. The van der Waals surface area contributed by atoms with E-state index in [1.54, 1.807) is 0 Å². The van der Waals surface area contributed by atoms with E-state index < -0.39 is 0 Å². The number of fused-ring (bicyclic) bond motifs is 1. The Morgan fingerprint density at radius 2 is 1.61 bits per heavy atom. The fraction of sp³-hybridized carbons (Fsp3) is 0.375. The second-order valence-corrected chi connectivity index (χ2v) is 6.42. The summed E-state index contributed by atoms with van der Waals surface area (Å²) in [5.41, 5.74) is 0. The van der Waals surface area contributed by atoms with Gasteiger partial charge in [-0.2, -0.15) is 0 Å². The van der Waals surface area contributed by atoms with E-state index >= 15 is 0 Å². The molecule has 0 bridgehead atoms. The van der Waals surface area contributed by atoms with Crippen LogP contribution in [0.1, 0.15) is 25.7 Å². The number of hydrogen-bond acceptors (Lipinski definition) is 1. The molecule has 2 aromatic carbocycles. The monoisotopic (exact) mass is 322 g/mol. The molecule has 18 heavy (non-hydrogen) atoms. The van der Waals surface area contributed by atoms with Crippen molar-refractivity contribution in [3.05, 3.63) is 42.5 Å². The second-order valence-electron chi connectivity index (χ2n) is 4.46. The van der Waals surface area contributed by atoms with Crippen LogP contribution in [-0.4, -0.2) is 11.1 Å². The van der Waals surface area contributed by atoms with Crippen molar-refractivity contribution in [1.29, 1.82) is 0 Å². The van der Waals surface area contributed by atoms with Crippen molar-refractivity contribution in [2.75, 3.05) is 11.1 Å². The molecular formula is C16H19BrS. The highest BCUT2D eigenvalue weighted by Gasteiger charge is 1.97. The second kappa shape index (κ2) is 7.85. The van der Waals surface area contributed by atoms with Gasteiger partial charge in [-0.25, -0.2) is 0 Å². The molecule has 96 valence electrons. The van der Waals surface area contributed by atoms with Gasteiger partial charge >= 0.3 is 0 Å². The first-order valence-electron chi connectivity index (χ1n) is 6.58. The van der Waals surface area contributed by atoms with Gasteiger partial charge in [0, 0.05) is 10.2 Å². The van der Waals surface area contributed by atoms with Crippen LogP contribution in [0.2, 0.25) is 0 Å². The van der Waals surface area contributed by atoms with Crippen LogP contribution in [0.3, 0.4) is 0 Å². The van der Waals surface area contributed by atoms with Gasteiger partial charge in [0.1, 0.15) is 0 Å². The van der Waals surface area contributed by atoms with Gasteiger partial charge in [0.15, 0.2) is 0 Å². The van der Waals surface area contributed by atoms with E-state index in [2.05, 4.69) is 58.4 Å². The number of thioether (sulfide) groups is 1. The van der Waals surface area contributed by atoms with Crippen LogP contribution in [0.15, 0.2) is 47.4 Å². The molecule has 0 nitrogen and oxygen atoms in total. The molecule has 2 heteroatoms. The van der Waals surface area contributed by atoms with Crippen molar-refractivity contribution < 1.29 is 0 Å². The average Bonchev–Trinajstić information content (AvgIpc) is 2.42. The first kappa shape index (κ1) is 14.0. The lowest BCUT2D eigenvalue weighted by molar-refractivity contribution is 0.713. The molecule has 0 aliphatic rings. The fourth-order valence-electron chi connectivity index (χ4n) is 2.00. The third-order valence-electron chi connectivity index (χ3n) is 3.02. The maximum absolute atomic E-state index is 3.47. The molecule has 0 aliphatic carbocycles. The topological polar surface area (TPSA) is 0 Å². The molecule has 0 aromatic heterocycles. The Kier molecular flexibility index (Phi) is 6.09. The maximum Gasteiger partial charge on any atom is 0.00783 e. The number of unbranched alkanes of at least 4 members (excludes halogenated alkanes) is 3. The molecule has 0 spiro atoms. The van der Waals surface area contributed by atoms with Gasteiger partial charge in [0.25, 0.3) is 0 Å². The molecule has 0 heterocycles. The normalized spacial score (nSPS) is 10.9. The van der Waals surface area contributed by atoms with E-state index in [9.17, 15) is 0 Å². The average molecular weight is 323 g/mol. The SMILES string of the molecule is BrCCCCCCSc1ccc2ccccc2c1. The lowest BCUT2D eigenvalue weighted by Crippen LogP contribution is -1.83. The summed E-state index contributed by atoms with van der Waals surface area (Å²) >= 11 is 5.45. The van der Waals surface area contributed by atoms with Gasteiger partial charge in [0.2, 0.25) is 0 Å². The van der Waals surface area contributed by atoms with Gasteiger partial charge in [-0.1, -0.05) is 59.1 Å². The highest BCUT2D eigenvalue weighted by atomic mass is 79.9. The highest BCUT2D eigenvalue weighted by Crippen LogP contribution is 2.24. The predicted octanol–water partition coefficient (Wildman–Crippen LogP) is 5.89. The Labute approximate surface area is 122 Å². The van der Waals surface area contributed by atoms with Gasteiger partial charge in [0.05, 0.1) is 0 Å².